The van der Waals surface area contributed by atoms with Crippen LogP contribution in [0.15, 0.2) is 64.2 Å². The molecule has 0 bridgehead atoms. The molecule has 2 aromatic rings. The third-order valence-corrected chi connectivity index (χ3v) is 7.81. The van der Waals surface area contributed by atoms with E-state index in [2.05, 4.69) is 15.6 Å². The number of carboxylic acids is 1. The second-order valence-electron chi connectivity index (χ2n) is 7.50. The van der Waals surface area contributed by atoms with Gasteiger partial charge in [0.15, 0.2) is 5.11 Å². The molecular weight excluding hydrogens is 494 g/mol. The number of amides is 2. The first-order chi connectivity index (χ1) is 16.3. The van der Waals surface area contributed by atoms with Crippen LogP contribution >= 0.6 is 35.7 Å². The Bertz CT molecular complexity index is 1170. The van der Waals surface area contributed by atoms with E-state index in [-0.39, 0.29) is 23.1 Å². The number of thioether (sulfide) groups is 2. The van der Waals surface area contributed by atoms with Crippen molar-refractivity contribution >= 4 is 58.6 Å². The van der Waals surface area contributed by atoms with Gasteiger partial charge in [-0.15, -0.1) is 11.8 Å². The molecule has 34 heavy (non-hydrogen) atoms. The normalized spacial score (nSPS) is 19.2. The van der Waals surface area contributed by atoms with Gasteiger partial charge in [0.2, 0.25) is 5.91 Å². The van der Waals surface area contributed by atoms with Crippen LogP contribution in [0.25, 0.3) is 0 Å². The van der Waals surface area contributed by atoms with Gasteiger partial charge in [0.25, 0.3) is 5.91 Å². The molecule has 0 aliphatic carbocycles. The highest BCUT2D eigenvalue weighted by molar-refractivity contribution is 8.06. The standard InChI is InChI=1S/C22H21N5O4S3/c23-22(32)25-10-13-9-14(6-7-24-13)34-15-11-33-20-17(19(29)27(20)18(15)21(30)31)26-16(28)8-12-4-2-1-3-5-12/h1-7,9,17,20H,8,10-11H2,(H,26,28)(H,30,31)(H3,23,25,32)/t17-,20+/m1/s1. The van der Waals surface area contributed by atoms with Gasteiger partial charge in [0, 0.05) is 21.8 Å². The van der Waals surface area contributed by atoms with E-state index in [1.807, 2.05) is 36.4 Å². The summed E-state index contributed by atoms with van der Waals surface area (Å²) in [6.45, 7) is 0.348. The summed E-state index contributed by atoms with van der Waals surface area (Å²) in [6, 6.07) is 12.0. The van der Waals surface area contributed by atoms with E-state index in [1.54, 1.807) is 12.3 Å². The molecular formula is C22H21N5O4S3. The number of rotatable bonds is 8. The number of benzene rings is 1. The fourth-order valence-corrected chi connectivity index (χ4v) is 6.21. The second kappa shape index (κ2) is 10.5. The average molecular weight is 516 g/mol. The molecule has 1 aromatic carbocycles. The van der Waals surface area contributed by atoms with Gasteiger partial charge in [0.1, 0.15) is 17.1 Å². The second-order valence-corrected chi connectivity index (χ2v) is 10.2. The summed E-state index contributed by atoms with van der Waals surface area (Å²) in [5.74, 6) is -1.49. The Morgan fingerprint density at radius 2 is 2.06 bits per heavy atom. The maximum absolute atomic E-state index is 12.8. The number of thiocarbonyl (C=S) groups is 1. The molecule has 3 heterocycles. The molecule has 0 saturated carbocycles. The van der Waals surface area contributed by atoms with Crippen LogP contribution in [0, 0.1) is 0 Å². The first-order valence-corrected chi connectivity index (χ1v) is 12.5. The topological polar surface area (TPSA) is 138 Å². The van der Waals surface area contributed by atoms with Crippen LogP contribution in [0.3, 0.4) is 0 Å². The minimum atomic E-state index is -1.18. The maximum Gasteiger partial charge on any atom is 0.353 e. The van der Waals surface area contributed by atoms with E-state index in [1.165, 1.54) is 28.4 Å². The van der Waals surface area contributed by atoms with Crippen molar-refractivity contribution in [3.05, 3.63) is 70.5 Å². The predicted molar refractivity (Wildman–Crippen MR) is 134 cm³/mol. The van der Waals surface area contributed by atoms with Crippen molar-refractivity contribution in [3.8, 4) is 0 Å². The zero-order chi connectivity index (χ0) is 24.2. The van der Waals surface area contributed by atoms with Gasteiger partial charge in [-0.2, -0.15) is 0 Å². The van der Waals surface area contributed by atoms with Crippen LogP contribution in [0.4, 0.5) is 0 Å². The third-order valence-electron chi connectivity index (χ3n) is 5.13. The number of nitrogens with two attached hydrogens (primary N) is 1. The number of nitrogens with one attached hydrogen (secondary N) is 2. The number of β-lactam (4-membered cyclic amide) rings is 1. The number of hydrogen-bond acceptors (Lipinski definition) is 7. The van der Waals surface area contributed by atoms with E-state index in [4.69, 9.17) is 18.0 Å². The van der Waals surface area contributed by atoms with Crippen molar-refractivity contribution in [1.82, 2.24) is 20.5 Å². The van der Waals surface area contributed by atoms with Crippen LogP contribution in [0.2, 0.25) is 0 Å². The van der Waals surface area contributed by atoms with Crippen LogP contribution in [0.5, 0.6) is 0 Å². The summed E-state index contributed by atoms with van der Waals surface area (Å²) < 4.78 is 0. The quantitative estimate of drug-likeness (QED) is 0.302. The molecule has 1 saturated heterocycles. The lowest BCUT2D eigenvalue weighted by atomic mass is 10.0. The van der Waals surface area contributed by atoms with E-state index in [0.717, 1.165) is 10.5 Å². The van der Waals surface area contributed by atoms with Crippen molar-refractivity contribution in [2.75, 3.05) is 5.75 Å². The van der Waals surface area contributed by atoms with Crippen LogP contribution in [-0.4, -0.2) is 55.1 Å². The molecule has 0 spiro atoms. The number of aromatic nitrogens is 1. The summed E-state index contributed by atoms with van der Waals surface area (Å²) >= 11 is 7.51. The summed E-state index contributed by atoms with van der Waals surface area (Å²) in [7, 11) is 0. The van der Waals surface area contributed by atoms with Gasteiger partial charge in [-0.25, -0.2) is 4.79 Å². The van der Waals surface area contributed by atoms with E-state index >= 15 is 0 Å². The Morgan fingerprint density at radius 3 is 2.76 bits per heavy atom. The van der Waals surface area contributed by atoms with Crippen molar-refractivity contribution in [3.63, 3.8) is 0 Å². The number of carbonyl (C=O) groups excluding carboxylic acids is 2. The molecule has 0 radical (unpaired) electrons. The Morgan fingerprint density at radius 1 is 1.29 bits per heavy atom. The monoisotopic (exact) mass is 515 g/mol. The molecule has 1 fully saturated rings. The Kier molecular flexibility index (Phi) is 7.39. The number of carboxylic acid groups (broad SMARTS) is 1. The largest absolute Gasteiger partial charge is 0.477 e. The van der Waals surface area contributed by atoms with Gasteiger partial charge >= 0.3 is 5.97 Å². The molecule has 9 nitrogen and oxygen atoms in total. The smallest absolute Gasteiger partial charge is 0.353 e. The molecule has 5 N–H and O–H groups in total. The maximum atomic E-state index is 12.8. The molecule has 12 heteroatoms. The van der Waals surface area contributed by atoms with Gasteiger partial charge < -0.3 is 21.5 Å². The molecule has 4 rings (SSSR count). The zero-order valence-electron chi connectivity index (χ0n) is 17.8. The summed E-state index contributed by atoms with van der Waals surface area (Å²) in [5, 5.41) is 15.2. The minimum absolute atomic E-state index is 0.0491. The van der Waals surface area contributed by atoms with E-state index in [9.17, 15) is 19.5 Å². The predicted octanol–water partition coefficient (Wildman–Crippen LogP) is 1.45. The van der Waals surface area contributed by atoms with Gasteiger partial charge in [0.05, 0.1) is 18.7 Å². The third kappa shape index (κ3) is 5.34. The van der Waals surface area contributed by atoms with Crippen molar-refractivity contribution in [1.29, 1.82) is 0 Å². The van der Waals surface area contributed by atoms with Crippen LogP contribution in [-0.2, 0) is 27.3 Å². The van der Waals surface area contributed by atoms with Crippen molar-refractivity contribution in [2.24, 2.45) is 5.73 Å². The minimum Gasteiger partial charge on any atom is -0.477 e. The van der Waals surface area contributed by atoms with Crippen molar-refractivity contribution in [2.45, 2.75) is 29.3 Å². The number of fused-ring (bicyclic) bond motifs is 1. The highest BCUT2D eigenvalue weighted by Crippen LogP contribution is 2.45. The molecule has 1 aromatic heterocycles. The number of nitrogens with zero attached hydrogens (tertiary/aromatic N) is 2. The van der Waals surface area contributed by atoms with Gasteiger partial charge in [-0.1, -0.05) is 42.1 Å². The lowest BCUT2D eigenvalue weighted by Gasteiger charge is -2.49. The summed E-state index contributed by atoms with van der Waals surface area (Å²) in [6.07, 6.45) is 1.77. The van der Waals surface area contributed by atoms with E-state index < -0.39 is 23.3 Å². The van der Waals surface area contributed by atoms with Gasteiger partial charge in [-0.3, -0.25) is 19.5 Å². The average Bonchev–Trinajstić information content (AvgIpc) is 2.81. The number of hydrogen-bond donors (Lipinski definition) is 4. The van der Waals surface area contributed by atoms with Crippen molar-refractivity contribution < 1.29 is 19.5 Å². The Hall–Kier alpha value is -3.09. The number of aliphatic carboxylic acids is 1. The van der Waals surface area contributed by atoms with Gasteiger partial charge in [-0.05, 0) is 29.9 Å². The number of carbonyl (C=O) groups is 3. The molecule has 176 valence electrons. The lowest BCUT2D eigenvalue weighted by molar-refractivity contribution is -0.150. The molecule has 2 aliphatic heterocycles. The summed E-state index contributed by atoms with van der Waals surface area (Å²) in [4.78, 5) is 44.2. The van der Waals surface area contributed by atoms with Crippen LogP contribution < -0.4 is 16.4 Å². The molecule has 2 amide bonds. The zero-order valence-corrected chi connectivity index (χ0v) is 20.2. The molecule has 0 unspecified atom stereocenters. The SMILES string of the molecule is NC(=S)NCc1cc(SC2=C(C(=O)O)N3C(=O)[C@@H](NC(=O)Cc4ccccc4)[C@@H]3SC2)ccn1. The van der Waals surface area contributed by atoms with E-state index in [0.29, 0.717) is 22.9 Å². The highest BCUT2D eigenvalue weighted by Gasteiger charge is 2.54. The fraction of sp³-hybridized carbons (Fsp3) is 0.227. The number of pyridine rings is 1. The first kappa shape index (κ1) is 24.0. The molecule has 2 aliphatic rings. The fourth-order valence-electron chi connectivity index (χ4n) is 3.61. The lowest BCUT2D eigenvalue weighted by Crippen LogP contribution is -2.70. The Labute approximate surface area is 209 Å². The highest BCUT2D eigenvalue weighted by atomic mass is 32.2. The summed E-state index contributed by atoms with van der Waals surface area (Å²) in [5.41, 5.74) is 6.94. The first-order valence-electron chi connectivity index (χ1n) is 10.2. The van der Waals surface area contributed by atoms with Crippen LogP contribution in [0.1, 0.15) is 11.3 Å². The molecule has 2 atom stereocenters. The Balaban J connectivity index is 1.46.